The summed E-state index contributed by atoms with van der Waals surface area (Å²) in [6.07, 6.45) is -2.67. The van der Waals surface area contributed by atoms with Crippen LogP contribution in [0.3, 0.4) is 0 Å². The van der Waals surface area contributed by atoms with E-state index in [-0.39, 0.29) is 10.0 Å². The molecule has 0 atom stereocenters. The first-order valence-corrected chi connectivity index (χ1v) is 5.34. The second-order valence-corrected chi connectivity index (χ2v) is 3.93. The third kappa shape index (κ3) is 2.97. The Hall–Kier alpha value is -1.64. The third-order valence-electron chi connectivity index (χ3n) is 2.07. The van der Waals surface area contributed by atoms with Crippen LogP contribution in [0.1, 0.15) is 17.6 Å². The molecule has 0 unspecified atom stereocenters. The van der Waals surface area contributed by atoms with Crippen LogP contribution in [-0.2, 0) is 16.0 Å². The van der Waals surface area contributed by atoms with Gasteiger partial charge in [0.15, 0.2) is 0 Å². The van der Waals surface area contributed by atoms with E-state index in [4.69, 9.17) is 0 Å². The highest BCUT2D eigenvalue weighted by molar-refractivity contribution is 9.10. The van der Waals surface area contributed by atoms with E-state index in [0.717, 1.165) is 7.11 Å². The molecule has 0 aliphatic rings. The van der Waals surface area contributed by atoms with Gasteiger partial charge in [-0.15, -0.1) is 0 Å². The number of halogens is 3. The standard InChI is InChI=1S/C9H7BrF2N2O4/c1-18-6(15)2-4-7(10)5(8(11)12)3-13-9(4)14(16)17/h3,8H,2H2,1H3. The Morgan fingerprint density at radius 1 is 1.67 bits per heavy atom. The molecule has 98 valence electrons. The fourth-order valence-corrected chi connectivity index (χ4v) is 1.81. The Balaban J connectivity index is 3.35. The summed E-state index contributed by atoms with van der Waals surface area (Å²) < 4.78 is 29.4. The van der Waals surface area contributed by atoms with Gasteiger partial charge in [0, 0.05) is 4.47 Å². The molecule has 0 radical (unpaired) electrons. The molecule has 0 amide bonds. The van der Waals surface area contributed by atoms with Gasteiger partial charge in [-0.25, -0.2) is 8.78 Å². The molecule has 0 bridgehead atoms. The van der Waals surface area contributed by atoms with Crippen molar-refractivity contribution in [2.24, 2.45) is 0 Å². The van der Waals surface area contributed by atoms with Crippen molar-refractivity contribution in [2.45, 2.75) is 12.8 Å². The largest absolute Gasteiger partial charge is 0.469 e. The second kappa shape index (κ2) is 5.80. The van der Waals surface area contributed by atoms with Crippen LogP contribution in [0.4, 0.5) is 14.6 Å². The van der Waals surface area contributed by atoms with E-state index in [1.165, 1.54) is 0 Å². The number of rotatable bonds is 4. The van der Waals surface area contributed by atoms with Crippen molar-refractivity contribution in [3.8, 4) is 0 Å². The number of esters is 1. The summed E-state index contributed by atoms with van der Waals surface area (Å²) in [4.78, 5) is 24.3. The molecule has 9 heteroatoms. The molecule has 1 aromatic rings. The average Bonchev–Trinajstić information content (AvgIpc) is 2.30. The molecule has 0 saturated carbocycles. The first kappa shape index (κ1) is 14.4. The molecule has 1 aromatic heterocycles. The number of nitrogens with zero attached hydrogens (tertiary/aromatic N) is 2. The molecule has 0 aliphatic heterocycles. The molecule has 0 N–H and O–H groups in total. The lowest BCUT2D eigenvalue weighted by molar-refractivity contribution is -0.390. The van der Waals surface area contributed by atoms with Gasteiger partial charge in [0.25, 0.3) is 6.43 Å². The average molecular weight is 325 g/mol. The highest BCUT2D eigenvalue weighted by Gasteiger charge is 2.27. The zero-order valence-electron chi connectivity index (χ0n) is 9.02. The Morgan fingerprint density at radius 3 is 2.72 bits per heavy atom. The van der Waals surface area contributed by atoms with Gasteiger partial charge in [0.05, 0.1) is 24.7 Å². The van der Waals surface area contributed by atoms with Crippen LogP contribution in [0.5, 0.6) is 0 Å². The summed E-state index contributed by atoms with van der Waals surface area (Å²) in [5, 5.41) is 10.7. The smallest absolute Gasteiger partial charge is 0.368 e. The van der Waals surface area contributed by atoms with Crippen molar-refractivity contribution >= 4 is 27.7 Å². The predicted octanol–water partition coefficient (Wildman–Crippen LogP) is 2.41. The van der Waals surface area contributed by atoms with Gasteiger partial charge in [-0.2, -0.15) is 0 Å². The molecular weight excluding hydrogens is 318 g/mol. The fraction of sp³-hybridized carbons (Fsp3) is 0.333. The minimum absolute atomic E-state index is 0.204. The summed E-state index contributed by atoms with van der Waals surface area (Å²) in [5.41, 5.74) is -0.746. The van der Waals surface area contributed by atoms with Gasteiger partial charge in [-0.1, -0.05) is 0 Å². The molecule has 0 aliphatic carbocycles. The Labute approximate surface area is 108 Å². The quantitative estimate of drug-likeness (QED) is 0.482. The monoisotopic (exact) mass is 324 g/mol. The van der Waals surface area contributed by atoms with Gasteiger partial charge >= 0.3 is 11.8 Å². The summed E-state index contributed by atoms with van der Waals surface area (Å²) in [7, 11) is 1.09. The van der Waals surface area contributed by atoms with Gasteiger partial charge in [-0.05, 0) is 25.8 Å². The zero-order valence-corrected chi connectivity index (χ0v) is 10.6. The van der Waals surface area contributed by atoms with Crippen molar-refractivity contribution in [3.63, 3.8) is 0 Å². The first-order valence-electron chi connectivity index (χ1n) is 4.55. The normalized spacial score (nSPS) is 10.5. The number of methoxy groups -OCH3 is 1. The summed E-state index contributed by atoms with van der Waals surface area (Å²) >= 11 is 2.83. The van der Waals surface area contributed by atoms with Gasteiger partial charge in [0.2, 0.25) is 0 Å². The van der Waals surface area contributed by atoms with Gasteiger partial charge in [-0.3, -0.25) is 4.79 Å². The van der Waals surface area contributed by atoms with Crippen LogP contribution in [0.2, 0.25) is 0 Å². The van der Waals surface area contributed by atoms with Crippen LogP contribution in [-0.4, -0.2) is 23.0 Å². The van der Waals surface area contributed by atoms with Crippen LogP contribution >= 0.6 is 15.9 Å². The topological polar surface area (TPSA) is 82.3 Å². The van der Waals surface area contributed by atoms with Crippen molar-refractivity contribution in [3.05, 3.63) is 31.9 Å². The lowest BCUT2D eigenvalue weighted by Gasteiger charge is -2.07. The van der Waals surface area contributed by atoms with E-state index in [1.807, 2.05) is 0 Å². The number of nitro groups is 1. The molecule has 0 saturated heterocycles. The van der Waals surface area contributed by atoms with Crippen molar-refractivity contribution < 1.29 is 23.2 Å². The Kier molecular flexibility index (Phi) is 4.65. The van der Waals surface area contributed by atoms with E-state index in [0.29, 0.717) is 6.20 Å². The number of pyridine rings is 1. The highest BCUT2D eigenvalue weighted by atomic mass is 79.9. The van der Waals surface area contributed by atoms with Crippen LogP contribution in [0, 0.1) is 10.1 Å². The van der Waals surface area contributed by atoms with Crippen LogP contribution in [0.25, 0.3) is 0 Å². The maximum absolute atomic E-state index is 12.6. The number of aromatic nitrogens is 1. The summed E-state index contributed by atoms with van der Waals surface area (Å²) in [5.74, 6) is -1.44. The molecule has 0 aromatic carbocycles. The Bertz CT molecular complexity index is 496. The minimum atomic E-state index is -2.86. The zero-order chi connectivity index (χ0) is 13.9. The maximum atomic E-state index is 12.6. The van der Waals surface area contributed by atoms with E-state index < -0.39 is 35.1 Å². The van der Waals surface area contributed by atoms with Crippen LogP contribution in [0.15, 0.2) is 10.7 Å². The molecular formula is C9H7BrF2N2O4. The van der Waals surface area contributed by atoms with E-state index in [1.54, 1.807) is 0 Å². The minimum Gasteiger partial charge on any atom is -0.469 e. The maximum Gasteiger partial charge on any atom is 0.368 e. The fourth-order valence-electron chi connectivity index (χ4n) is 1.22. The molecule has 1 rings (SSSR count). The number of carbonyl (C=O) groups excluding carboxylic acids is 1. The summed E-state index contributed by atoms with van der Waals surface area (Å²) in [6, 6.07) is 0. The number of hydrogen-bond acceptors (Lipinski definition) is 5. The molecule has 1 heterocycles. The summed E-state index contributed by atoms with van der Waals surface area (Å²) in [6.45, 7) is 0. The van der Waals surface area contributed by atoms with E-state index in [2.05, 4.69) is 25.7 Å². The van der Waals surface area contributed by atoms with Gasteiger partial charge in [0.1, 0.15) is 6.20 Å². The predicted molar refractivity (Wildman–Crippen MR) is 59.3 cm³/mol. The van der Waals surface area contributed by atoms with Gasteiger partial charge < -0.3 is 14.9 Å². The van der Waals surface area contributed by atoms with Crippen LogP contribution < -0.4 is 0 Å². The van der Waals surface area contributed by atoms with Crippen molar-refractivity contribution in [1.82, 2.24) is 4.98 Å². The molecule has 6 nitrogen and oxygen atoms in total. The number of alkyl halides is 2. The SMILES string of the molecule is COC(=O)Cc1c([N+](=O)[O-])ncc(C(F)F)c1Br. The highest BCUT2D eigenvalue weighted by Crippen LogP contribution is 2.34. The Morgan fingerprint density at radius 2 is 2.28 bits per heavy atom. The molecule has 0 spiro atoms. The second-order valence-electron chi connectivity index (χ2n) is 3.14. The number of carbonyl (C=O) groups is 1. The lowest BCUT2D eigenvalue weighted by atomic mass is 10.1. The van der Waals surface area contributed by atoms with E-state index in [9.17, 15) is 23.7 Å². The lowest BCUT2D eigenvalue weighted by Crippen LogP contribution is -2.10. The molecule has 18 heavy (non-hydrogen) atoms. The third-order valence-corrected chi connectivity index (χ3v) is 3.01. The number of hydrogen-bond donors (Lipinski definition) is 0. The van der Waals surface area contributed by atoms with E-state index >= 15 is 0 Å². The van der Waals surface area contributed by atoms with Crippen molar-refractivity contribution in [2.75, 3.05) is 7.11 Å². The molecule has 0 fully saturated rings. The first-order chi connectivity index (χ1) is 8.38. The number of ether oxygens (including phenoxy) is 1. The van der Waals surface area contributed by atoms with Crippen molar-refractivity contribution in [1.29, 1.82) is 0 Å².